The van der Waals surface area contributed by atoms with Gasteiger partial charge in [-0.15, -0.1) is 0 Å². The summed E-state index contributed by atoms with van der Waals surface area (Å²) >= 11 is 0. The van der Waals surface area contributed by atoms with Crippen molar-refractivity contribution < 1.29 is 0 Å². The average Bonchev–Trinajstić information content (AvgIpc) is 2.94. The summed E-state index contributed by atoms with van der Waals surface area (Å²) in [7, 11) is 2.01. The van der Waals surface area contributed by atoms with Gasteiger partial charge in [-0.25, -0.2) is 0 Å². The normalized spacial score (nSPS) is 23.6. The first-order valence-corrected chi connectivity index (χ1v) is 5.53. The van der Waals surface area contributed by atoms with Gasteiger partial charge < -0.3 is 4.90 Å². The van der Waals surface area contributed by atoms with E-state index in [1.165, 1.54) is 6.42 Å². The topological polar surface area (TPSA) is 27.1 Å². The second kappa shape index (κ2) is 4.05. The summed E-state index contributed by atoms with van der Waals surface area (Å²) in [4.78, 5) is 2.06. The molecule has 1 aromatic rings. The molecule has 1 N–H and O–H groups in total. The molecule has 0 aliphatic heterocycles. The Balaban J connectivity index is 1.95. The lowest BCUT2D eigenvalue weighted by Gasteiger charge is -2.19. The SMILES string of the molecule is CC1CC1CN(C)C(=N)c1ccccc1. The molecule has 80 valence electrons. The Morgan fingerprint density at radius 3 is 2.53 bits per heavy atom. The van der Waals surface area contributed by atoms with Crippen molar-refractivity contribution in [1.82, 2.24) is 4.90 Å². The zero-order chi connectivity index (χ0) is 10.8. The highest BCUT2D eigenvalue weighted by molar-refractivity contribution is 5.96. The van der Waals surface area contributed by atoms with Gasteiger partial charge in [-0.1, -0.05) is 37.3 Å². The zero-order valence-electron chi connectivity index (χ0n) is 9.40. The summed E-state index contributed by atoms with van der Waals surface area (Å²) < 4.78 is 0. The summed E-state index contributed by atoms with van der Waals surface area (Å²) in [6.07, 6.45) is 1.33. The Morgan fingerprint density at radius 1 is 1.40 bits per heavy atom. The van der Waals surface area contributed by atoms with E-state index in [0.717, 1.165) is 23.9 Å². The summed E-state index contributed by atoms with van der Waals surface area (Å²) in [6, 6.07) is 9.94. The predicted molar refractivity (Wildman–Crippen MR) is 63.2 cm³/mol. The molecule has 0 amide bonds. The molecule has 2 unspecified atom stereocenters. The van der Waals surface area contributed by atoms with Crippen LogP contribution in [0, 0.1) is 17.2 Å². The van der Waals surface area contributed by atoms with E-state index in [0.29, 0.717) is 5.84 Å². The quantitative estimate of drug-likeness (QED) is 0.592. The third kappa shape index (κ3) is 2.38. The number of rotatable bonds is 3. The van der Waals surface area contributed by atoms with Gasteiger partial charge in [0.2, 0.25) is 0 Å². The number of hydrogen-bond donors (Lipinski definition) is 1. The molecule has 15 heavy (non-hydrogen) atoms. The Bertz CT molecular complexity index is 345. The molecule has 2 atom stereocenters. The van der Waals surface area contributed by atoms with Crippen LogP contribution in [-0.2, 0) is 0 Å². The van der Waals surface area contributed by atoms with Gasteiger partial charge in [-0.3, -0.25) is 5.41 Å². The van der Waals surface area contributed by atoms with E-state index in [9.17, 15) is 0 Å². The van der Waals surface area contributed by atoms with E-state index in [1.807, 2.05) is 37.4 Å². The molecule has 2 rings (SSSR count). The Morgan fingerprint density at radius 2 is 2.00 bits per heavy atom. The van der Waals surface area contributed by atoms with Crippen molar-refractivity contribution in [1.29, 1.82) is 5.41 Å². The van der Waals surface area contributed by atoms with Crippen molar-refractivity contribution in [3.63, 3.8) is 0 Å². The highest BCUT2D eigenvalue weighted by atomic mass is 15.1. The number of nitrogens with one attached hydrogen (secondary N) is 1. The average molecular weight is 202 g/mol. The van der Waals surface area contributed by atoms with E-state index < -0.39 is 0 Å². The first kappa shape index (κ1) is 10.2. The molecule has 0 spiro atoms. The van der Waals surface area contributed by atoms with Crippen LogP contribution in [0.1, 0.15) is 18.9 Å². The van der Waals surface area contributed by atoms with Crippen LogP contribution in [0.4, 0.5) is 0 Å². The molecule has 2 heteroatoms. The lowest BCUT2D eigenvalue weighted by atomic mass is 10.2. The maximum Gasteiger partial charge on any atom is 0.127 e. The smallest absolute Gasteiger partial charge is 0.127 e. The molecule has 1 aliphatic carbocycles. The van der Waals surface area contributed by atoms with Gasteiger partial charge in [0.1, 0.15) is 5.84 Å². The minimum absolute atomic E-state index is 0.634. The van der Waals surface area contributed by atoms with Crippen molar-refractivity contribution in [3.05, 3.63) is 35.9 Å². The van der Waals surface area contributed by atoms with Crippen molar-refractivity contribution in [2.45, 2.75) is 13.3 Å². The van der Waals surface area contributed by atoms with Crippen LogP contribution < -0.4 is 0 Å². The van der Waals surface area contributed by atoms with Gasteiger partial charge in [0.25, 0.3) is 0 Å². The van der Waals surface area contributed by atoms with Gasteiger partial charge in [0.05, 0.1) is 0 Å². The van der Waals surface area contributed by atoms with Crippen molar-refractivity contribution in [3.8, 4) is 0 Å². The van der Waals surface area contributed by atoms with Crippen LogP contribution in [0.3, 0.4) is 0 Å². The third-order valence-corrected chi connectivity index (χ3v) is 3.21. The lowest BCUT2D eigenvalue weighted by Crippen LogP contribution is -2.29. The molecule has 1 aliphatic rings. The van der Waals surface area contributed by atoms with Crippen LogP contribution in [0.2, 0.25) is 0 Å². The largest absolute Gasteiger partial charge is 0.359 e. The molecule has 0 bridgehead atoms. The second-order valence-electron chi connectivity index (χ2n) is 4.57. The maximum absolute atomic E-state index is 8.05. The Hall–Kier alpha value is -1.31. The van der Waals surface area contributed by atoms with E-state index in [1.54, 1.807) is 0 Å². The highest BCUT2D eigenvalue weighted by Crippen LogP contribution is 2.38. The first-order chi connectivity index (χ1) is 7.18. The molecular formula is C13H18N2. The van der Waals surface area contributed by atoms with Gasteiger partial charge in [0.15, 0.2) is 0 Å². The van der Waals surface area contributed by atoms with Crippen LogP contribution in [0.25, 0.3) is 0 Å². The molecule has 1 saturated carbocycles. The second-order valence-corrected chi connectivity index (χ2v) is 4.57. The molecule has 1 aromatic carbocycles. The third-order valence-electron chi connectivity index (χ3n) is 3.21. The Labute approximate surface area is 91.4 Å². The van der Waals surface area contributed by atoms with Gasteiger partial charge >= 0.3 is 0 Å². The fourth-order valence-electron chi connectivity index (χ4n) is 1.91. The van der Waals surface area contributed by atoms with Crippen molar-refractivity contribution in [2.75, 3.05) is 13.6 Å². The molecule has 0 saturated heterocycles. The molecule has 2 nitrogen and oxygen atoms in total. The van der Waals surface area contributed by atoms with E-state index in [2.05, 4.69) is 11.8 Å². The number of amidine groups is 1. The zero-order valence-corrected chi connectivity index (χ0v) is 9.40. The van der Waals surface area contributed by atoms with E-state index in [-0.39, 0.29) is 0 Å². The van der Waals surface area contributed by atoms with Crippen LogP contribution in [-0.4, -0.2) is 24.3 Å². The molecule has 1 fully saturated rings. The monoisotopic (exact) mass is 202 g/mol. The lowest BCUT2D eigenvalue weighted by molar-refractivity contribution is 0.461. The minimum atomic E-state index is 0.634. The van der Waals surface area contributed by atoms with Crippen LogP contribution in [0.5, 0.6) is 0 Å². The summed E-state index contributed by atoms with van der Waals surface area (Å²) in [5, 5.41) is 8.05. The fourth-order valence-corrected chi connectivity index (χ4v) is 1.91. The van der Waals surface area contributed by atoms with E-state index in [4.69, 9.17) is 5.41 Å². The van der Waals surface area contributed by atoms with Crippen LogP contribution >= 0.6 is 0 Å². The standard InChI is InChI=1S/C13H18N2/c1-10-8-12(10)9-15(2)13(14)11-6-4-3-5-7-11/h3-7,10,12,14H,8-9H2,1-2H3. The number of benzene rings is 1. The highest BCUT2D eigenvalue weighted by Gasteiger charge is 2.33. The van der Waals surface area contributed by atoms with Crippen molar-refractivity contribution >= 4 is 5.84 Å². The Kier molecular flexibility index (Phi) is 2.76. The predicted octanol–water partition coefficient (Wildman–Crippen LogP) is 2.60. The fraction of sp³-hybridized carbons (Fsp3) is 0.462. The van der Waals surface area contributed by atoms with Crippen molar-refractivity contribution in [2.24, 2.45) is 11.8 Å². The van der Waals surface area contributed by atoms with Gasteiger partial charge in [0, 0.05) is 19.2 Å². The van der Waals surface area contributed by atoms with E-state index >= 15 is 0 Å². The summed E-state index contributed by atoms with van der Waals surface area (Å²) in [6.45, 7) is 3.31. The number of nitrogens with zero attached hydrogens (tertiary/aromatic N) is 1. The maximum atomic E-state index is 8.05. The first-order valence-electron chi connectivity index (χ1n) is 5.53. The molecular weight excluding hydrogens is 184 g/mol. The van der Waals surface area contributed by atoms with Crippen LogP contribution in [0.15, 0.2) is 30.3 Å². The van der Waals surface area contributed by atoms with Gasteiger partial charge in [-0.2, -0.15) is 0 Å². The summed E-state index contributed by atoms with van der Waals surface area (Å²) in [5.41, 5.74) is 1.01. The molecule has 0 heterocycles. The minimum Gasteiger partial charge on any atom is -0.359 e. The summed E-state index contributed by atoms with van der Waals surface area (Å²) in [5.74, 6) is 2.30. The molecule has 0 radical (unpaired) electrons. The number of hydrogen-bond acceptors (Lipinski definition) is 1. The molecule has 0 aromatic heterocycles. The van der Waals surface area contributed by atoms with Gasteiger partial charge in [-0.05, 0) is 18.3 Å².